The van der Waals surface area contributed by atoms with E-state index in [1.165, 1.54) is 23.9 Å². The Bertz CT molecular complexity index is 632. The summed E-state index contributed by atoms with van der Waals surface area (Å²) in [6, 6.07) is 16.9. The Hall–Kier alpha value is -0.560. The molecule has 0 amide bonds. The summed E-state index contributed by atoms with van der Waals surface area (Å²) >= 11 is 4.86. The Morgan fingerprint density at radius 3 is 2.24 bits per heavy atom. The topological polar surface area (TPSA) is 4.41 Å². The van der Waals surface area contributed by atoms with Crippen LogP contribution < -0.4 is 0 Å². The van der Waals surface area contributed by atoms with Gasteiger partial charge in [0, 0.05) is 15.3 Å². The molecule has 0 saturated heterocycles. The Labute approximate surface area is 127 Å². The van der Waals surface area contributed by atoms with Crippen molar-refractivity contribution in [1.82, 2.24) is 4.40 Å². The lowest BCUT2D eigenvalue weighted by molar-refractivity contribution is 1.16. The van der Waals surface area contributed by atoms with Crippen molar-refractivity contribution in [3.05, 3.63) is 62.0 Å². The van der Waals surface area contributed by atoms with E-state index in [0.717, 1.165) is 0 Å². The van der Waals surface area contributed by atoms with Gasteiger partial charge in [-0.25, -0.2) is 0 Å². The van der Waals surface area contributed by atoms with Crippen LogP contribution in [0.25, 0.3) is 16.6 Å². The molecule has 0 aliphatic heterocycles. The average molecular weight is 445 g/mol. The maximum atomic E-state index is 2.44. The molecule has 84 valence electrons. The van der Waals surface area contributed by atoms with Crippen LogP contribution in [0.1, 0.15) is 0 Å². The fourth-order valence-corrected chi connectivity index (χ4v) is 4.51. The van der Waals surface area contributed by atoms with E-state index in [-0.39, 0.29) is 0 Å². The molecule has 0 unspecified atom stereocenters. The van der Waals surface area contributed by atoms with Crippen LogP contribution in [0.3, 0.4) is 0 Å². The van der Waals surface area contributed by atoms with E-state index >= 15 is 0 Å². The number of pyridine rings is 1. The number of hydrogen-bond acceptors (Lipinski definition) is 0. The summed E-state index contributed by atoms with van der Waals surface area (Å²) in [6.45, 7) is 0. The number of benzene rings is 1. The van der Waals surface area contributed by atoms with Crippen LogP contribution in [0, 0.1) is 7.27 Å². The molecule has 3 rings (SSSR count). The van der Waals surface area contributed by atoms with E-state index in [9.17, 15) is 0 Å². The molecular weight excluding hydrogens is 436 g/mol. The van der Waals surface area contributed by atoms with Gasteiger partial charge in [0.15, 0.2) is 0 Å². The van der Waals surface area contributed by atoms with Gasteiger partial charge >= 0.3 is 0 Å². The predicted octanol–water partition coefficient (Wildman–Crippen LogP) is 4.82. The first-order valence-electron chi connectivity index (χ1n) is 5.28. The number of nitrogens with zero attached hydrogens (tertiary/aromatic N) is 1. The van der Waals surface area contributed by atoms with Gasteiger partial charge < -0.3 is 4.40 Å². The summed E-state index contributed by atoms with van der Waals surface area (Å²) in [5, 5.41) is 0. The van der Waals surface area contributed by atoms with E-state index < -0.39 is 0 Å². The molecule has 0 aliphatic carbocycles. The minimum absolute atomic E-state index is 1.27. The molecule has 0 atom stereocenters. The van der Waals surface area contributed by atoms with Gasteiger partial charge in [0.25, 0.3) is 0 Å². The van der Waals surface area contributed by atoms with Gasteiger partial charge in [0.1, 0.15) is 0 Å². The Kier molecular flexibility index (Phi) is 3.12. The predicted molar refractivity (Wildman–Crippen MR) is 88.3 cm³/mol. The third-order valence-corrected chi connectivity index (χ3v) is 4.94. The molecule has 0 aliphatic rings. The largest absolute Gasteiger partial charge is 0.310 e. The molecule has 1 aromatic carbocycles. The minimum atomic E-state index is 1.27. The first kappa shape index (κ1) is 11.5. The van der Waals surface area contributed by atoms with Crippen molar-refractivity contribution in [3.8, 4) is 11.1 Å². The number of hydrogen-bond donors (Lipinski definition) is 0. The second kappa shape index (κ2) is 4.61. The highest BCUT2D eigenvalue weighted by atomic mass is 127. The number of halogens is 2. The second-order valence-corrected chi connectivity index (χ2v) is 5.90. The molecule has 0 radical (unpaired) electrons. The van der Waals surface area contributed by atoms with Gasteiger partial charge in [-0.3, -0.25) is 0 Å². The van der Waals surface area contributed by atoms with E-state index in [1.807, 2.05) is 0 Å². The van der Waals surface area contributed by atoms with Gasteiger partial charge in [0.2, 0.25) is 0 Å². The molecule has 3 heteroatoms. The Morgan fingerprint density at radius 1 is 0.824 bits per heavy atom. The van der Waals surface area contributed by atoms with Crippen molar-refractivity contribution in [3.63, 3.8) is 0 Å². The van der Waals surface area contributed by atoms with Gasteiger partial charge in [0.05, 0.1) is 9.22 Å². The molecule has 0 saturated carbocycles. The van der Waals surface area contributed by atoms with Gasteiger partial charge in [-0.2, -0.15) is 0 Å². The van der Waals surface area contributed by atoms with Crippen LogP contribution in [-0.2, 0) is 0 Å². The van der Waals surface area contributed by atoms with Crippen molar-refractivity contribution in [2.45, 2.75) is 0 Å². The summed E-state index contributed by atoms with van der Waals surface area (Å²) < 4.78 is 4.83. The van der Waals surface area contributed by atoms with Gasteiger partial charge in [-0.15, -0.1) is 0 Å². The second-order valence-electron chi connectivity index (χ2n) is 3.80. The van der Waals surface area contributed by atoms with Gasteiger partial charge in [-0.05, 0) is 62.9 Å². The fourth-order valence-electron chi connectivity index (χ4n) is 1.98. The first-order valence-corrected chi connectivity index (χ1v) is 7.44. The zero-order valence-electron chi connectivity index (χ0n) is 8.90. The van der Waals surface area contributed by atoms with Crippen LogP contribution >= 0.6 is 45.2 Å². The molecule has 2 aromatic heterocycles. The molecule has 0 fully saturated rings. The molecule has 1 nitrogen and oxygen atoms in total. The lowest BCUT2D eigenvalue weighted by Crippen LogP contribution is -1.85. The highest BCUT2D eigenvalue weighted by molar-refractivity contribution is 14.1. The quantitative estimate of drug-likeness (QED) is 0.474. The number of aromatic nitrogens is 1. The van der Waals surface area contributed by atoms with E-state index in [0.29, 0.717) is 0 Å². The van der Waals surface area contributed by atoms with Crippen LogP contribution in [0.2, 0.25) is 0 Å². The highest BCUT2D eigenvalue weighted by Crippen LogP contribution is 2.34. The fraction of sp³-hybridized carbons (Fsp3) is 0. The van der Waals surface area contributed by atoms with Crippen LogP contribution in [0.4, 0.5) is 0 Å². The molecule has 2 heterocycles. The van der Waals surface area contributed by atoms with E-state index in [4.69, 9.17) is 0 Å². The zero-order chi connectivity index (χ0) is 11.8. The van der Waals surface area contributed by atoms with Crippen LogP contribution in [0.5, 0.6) is 0 Å². The lowest BCUT2D eigenvalue weighted by atomic mass is 10.1. The van der Waals surface area contributed by atoms with Crippen molar-refractivity contribution in [1.29, 1.82) is 0 Å². The van der Waals surface area contributed by atoms with Crippen molar-refractivity contribution < 1.29 is 0 Å². The smallest absolute Gasteiger partial charge is 0.0934 e. The van der Waals surface area contributed by atoms with E-state index in [2.05, 4.69) is 104 Å². The maximum Gasteiger partial charge on any atom is 0.0934 e. The van der Waals surface area contributed by atoms with Gasteiger partial charge in [-0.1, -0.05) is 36.4 Å². The SMILES string of the molecule is Ic1c(-c2ccccc2)c(I)n2ccccc12. The first-order chi connectivity index (χ1) is 8.29. The molecular formula is C14H9I2N. The summed E-state index contributed by atoms with van der Waals surface area (Å²) in [5.74, 6) is 0. The van der Waals surface area contributed by atoms with Crippen molar-refractivity contribution in [2.75, 3.05) is 0 Å². The van der Waals surface area contributed by atoms with E-state index in [1.54, 1.807) is 0 Å². The van der Waals surface area contributed by atoms with Crippen LogP contribution in [0.15, 0.2) is 54.7 Å². The average Bonchev–Trinajstić information content (AvgIpc) is 2.64. The Balaban J connectivity index is 2.38. The zero-order valence-corrected chi connectivity index (χ0v) is 13.2. The third-order valence-electron chi connectivity index (χ3n) is 2.78. The molecule has 3 aromatic rings. The molecule has 0 bridgehead atoms. The highest BCUT2D eigenvalue weighted by Gasteiger charge is 2.14. The molecule has 0 spiro atoms. The normalized spacial score (nSPS) is 10.9. The molecule has 0 N–H and O–H groups in total. The Morgan fingerprint density at radius 2 is 1.53 bits per heavy atom. The van der Waals surface area contributed by atoms with Crippen LogP contribution in [-0.4, -0.2) is 4.40 Å². The summed E-state index contributed by atoms with van der Waals surface area (Å²) in [6.07, 6.45) is 2.12. The maximum absolute atomic E-state index is 2.44. The summed E-state index contributed by atoms with van der Waals surface area (Å²) in [4.78, 5) is 0. The third kappa shape index (κ3) is 1.89. The summed E-state index contributed by atoms with van der Waals surface area (Å²) in [7, 11) is 0. The number of fused-ring (bicyclic) bond motifs is 1. The summed E-state index contributed by atoms with van der Waals surface area (Å²) in [5.41, 5.74) is 3.89. The number of rotatable bonds is 1. The van der Waals surface area contributed by atoms with Crippen molar-refractivity contribution in [2.24, 2.45) is 0 Å². The monoisotopic (exact) mass is 445 g/mol. The minimum Gasteiger partial charge on any atom is -0.310 e. The standard InChI is InChI=1S/C14H9I2N/c15-13-11-8-4-5-9-17(11)14(16)12(13)10-6-2-1-3-7-10/h1-9H. The lowest BCUT2D eigenvalue weighted by Gasteiger charge is -2.00. The molecule has 17 heavy (non-hydrogen) atoms. The van der Waals surface area contributed by atoms with Crippen molar-refractivity contribution >= 4 is 50.7 Å².